The van der Waals surface area contributed by atoms with Crippen LogP contribution >= 0.6 is 0 Å². The van der Waals surface area contributed by atoms with Gasteiger partial charge in [0, 0.05) is 13.1 Å². The minimum Gasteiger partial charge on any atom is -0.389 e. The maximum absolute atomic E-state index is 12.0. The Bertz CT molecular complexity index is 241. The van der Waals surface area contributed by atoms with Gasteiger partial charge in [-0.3, -0.25) is 4.79 Å². The van der Waals surface area contributed by atoms with Gasteiger partial charge in [-0.1, -0.05) is 0 Å². The molecule has 3 N–H and O–H groups in total. The lowest BCUT2D eigenvalue weighted by molar-refractivity contribution is -0.142. The normalized spacial score (nSPS) is 19.5. The Hall–Kier alpha value is -0.610. The number of aliphatic hydroxyl groups is 1. The van der Waals surface area contributed by atoms with Gasteiger partial charge in [-0.25, -0.2) is 0 Å². The average Bonchev–Trinajstić information content (AvgIpc) is 2.07. The fourth-order valence-corrected chi connectivity index (χ4v) is 1.88. The Labute approximate surface area is 91.4 Å². The first kappa shape index (κ1) is 12.5. The summed E-state index contributed by atoms with van der Waals surface area (Å²) < 4.78 is 0. The maximum atomic E-state index is 12.0. The van der Waals surface area contributed by atoms with Crippen LogP contribution in [0.25, 0.3) is 0 Å². The van der Waals surface area contributed by atoms with Crippen LogP contribution in [-0.2, 0) is 4.79 Å². The lowest BCUT2D eigenvalue weighted by Crippen LogP contribution is -2.61. The molecule has 0 aromatic heterocycles. The molecule has 0 bridgehead atoms. The Morgan fingerprint density at radius 2 is 2.07 bits per heavy atom. The predicted molar refractivity (Wildman–Crippen MR) is 59.3 cm³/mol. The van der Waals surface area contributed by atoms with Gasteiger partial charge in [-0.15, -0.1) is 0 Å². The van der Waals surface area contributed by atoms with E-state index in [0.717, 1.165) is 19.3 Å². The van der Waals surface area contributed by atoms with E-state index in [4.69, 9.17) is 5.73 Å². The number of rotatable bonds is 4. The highest BCUT2D eigenvalue weighted by Crippen LogP contribution is 2.31. The second-order valence-electron chi connectivity index (χ2n) is 5.14. The van der Waals surface area contributed by atoms with Crippen LogP contribution in [0.4, 0.5) is 0 Å². The van der Waals surface area contributed by atoms with Crippen LogP contribution < -0.4 is 5.73 Å². The van der Waals surface area contributed by atoms with E-state index in [0.29, 0.717) is 13.1 Å². The summed E-state index contributed by atoms with van der Waals surface area (Å²) in [5.74, 6) is -0.0154. The standard InChI is InChI=1S/C11H22N2O2/c1-4-13(8-10(2,3)15)9(14)11(12)6-5-7-11/h15H,4-8,12H2,1-3H3. The zero-order valence-corrected chi connectivity index (χ0v) is 9.92. The number of nitrogens with two attached hydrogens (primary N) is 1. The average molecular weight is 214 g/mol. The van der Waals surface area contributed by atoms with Crippen molar-refractivity contribution in [2.24, 2.45) is 5.73 Å². The summed E-state index contributed by atoms with van der Waals surface area (Å²) in [6, 6.07) is 0. The first-order chi connectivity index (χ1) is 6.78. The van der Waals surface area contributed by atoms with Crippen LogP contribution in [0, 0.1) is 0 Å². The summed E-state index contributed by atoms with van der Waals surface area (Å²) in [6.07, 6.45) is 2.57. The summed E-state index contributed by atoms with van der Waals surface area (Å²) in [6.45, 7) is 6.26. The highest BCUT2D eigenvalue weighted by Gasteiger charge is 2.43. The third-order valence-corrected chi connectivity index (χ3v) is 2.92. The van der Waals surface area contributed by atoms with Crippen molar-refractivity contribution in [2.75, 3.05) is 13.1 Å². The van der Waals surface area contributed by atoms with Gasteiger partial charge >= 0.3 is 0 Å². The molecular weight excluding hydrogens is 192 g/mol. The number of nitrogens with zero attached hydrogens (tertiary/aromatic N) is 1. The summed E-state index contributed by atoms with van der Waals surface area (Å²) >= 11 is 0. The lowest BCUT2D eigenvalue weighted by Gasteiger charge is -2.41. The van der Waals surface area contributed by atoms with Gasteiger partial charge in [0.15, 0.2) is 0 Å². The fraction of sp³-hybridized carbons (Fsp3) is 0.909. The van der Waals surface area contributed by atoms with Crippen LogP contribution in [-0.4, -0.2) is 40.1 Å². The number of likely N-dealkylation sites (N-methyl/N-ethyl adjacent to an activating group) is 1. The molecular formula is C11H22N2O2. The molecule has 4 heteroatoms. The highest BCUT2D eigenvalue weighted by atomic mass is 16.3. The van der Waals surface area contributed by atoms with Gasteiger partial charge in [-0.2, -0.15) is 0 Å². The monoisotopic (exact) mass is 214 g/mol. The molecule has 0 unspecified atom stereocenters. The van der Waals surface area contributed by atoms with Crippen molar-refractivity contribution in [3.05, 3.63) is 0 Å². The van der Waals surface area contributed by atoms with Crippen molar-refractivity contribution >= 4 is 5.91 Å². The summed E-state index contributed by atoms with van der Waals surface area (Å²) in [4.78, 5) is 13.7. The largest absolute Gasteiger partial charge is 0.389 e. The molecule has 1 fully saturated rings. The predicted octanol–water partition coefficient (Wildman–Crippen LogP) is 0.487. The van der Waals surface area contributed by atoms with Crippen molar-refractivity contribution in [1.29, 1.82) is 0 Å². The van der Waals surface area contributed by atoms with E-state index in [9.17, 15) is 9.90 Å². The molecule has 88 valence electrons. The lowest BCUT2D eigenvalue weighted by atomic mass is 9.76. The molecule has 0 spiro atoms. The number of carbonyl (C=O) groups excluding carboxylic acids is 1. The maximum Gasteiger partial charge on any atom is 0.242 e. The third-order valence-electron chi connectivity index (χ3n) is 2.92. The van der Waals surface area contributed by atoms with E-state index in [1.54, 1.807) is 18.7 Å². The molecule has 4 nitrogen and oxygen atoms in total. The topological polar surface area (TPSA) is 66.6 Å². The van der Waals surface area contributed by atoms with E-state index >= 15 is 0 Å². The summed E-state index contributed by atoms with van der Waals surface area (Å²) in [5.41, 5.74) is 4.46. The van der Waals surface area contributed by atoms with Crippen molar-refractivity contribution < 1.29 is 9.90 Å². The number of hydrogen-bond donors (Lipinski definition) is 2. The van der Waals surface area contributed by atoms with Crippen LogP contribution in [0.15, 0.2) is 0 Å². The second kappa shape index (κ2) is 4.10. The molecule has 0 aliphatic heterocycles. The third kappa shape index (κ3) is 2.92. The minimum atomic E-state index is -0.855. The van der Waals surface area contributed by atoms with Crippen molar-refractivity contribution in [2.45, 2.75) is 51.2 Å². The van der Waals surface area contributed by atoms with E-state index in [-0.39, 0.29) is 5.91 Å². The van der Waals surface area contributed by atoms with Crippen LogP contribution in [0.5, 0.6) is 0 Å². The molecule has 0 radical (unpaired) electrons. The van der Waals surface area contributed by atoms with E-state index in [1.807, 2.05) is 6.92 Å². The quantitative estimate of drug-likeness (QED) is 0.715. The van der Waals surface area contributed by atoms with Gasteiger partial charge in [0.2, 0.25) is 5.91 Å². The Balaban J connectivity index is 2.62. The van der Waals surface area contributed by atoms with Gasteiger partial charge < -0.3 is 15.7 Å². The molecule has 1 aliphatic rings. The fourth-order valence-electron chi connectivity index (χ4n) is 1.88. The van der Waals surface area contributed by atoms with Gasteiger partial charge in [0.1, 0.15) is 0 Å². The van der Waals surface area contributed by atoms with Crippen molar-refractivity contribution in [3.63, 3.8) is 0 Å². The Kier molecular flexibility index (Phi) is 3.41. The SMILES string of the molecule is CCN(CC(C)(C)O)C(=O)C1(N)CCC1. The zero-order valence-electron chi connectivity index (χ0n) is 9.92. The van der Waals surface area contributed by atoms with Crippen LogP contribution in [0.1, 0.15) is 40.0 Å². The van der Waals surface area contributed by atoms with Gasteiger partial charge in [-0.05, 0) is 40.0 Å². The van der Waals surface area contributed by atoms with Gasteiger partial charge in [0.05, 0.1) is 11.1 Å². The van der Waals surface area contributed by atoms with Crippen LogP contribution in [0.3, 0.4) is 0 Å². The highest BCUT2D eigenvalue weighted by molar-refractivity contribution is 5.87. The van der Waals surface area contributed by atoms with E-state index in [2.05, 4.69) is 0 Å². The number of hydrogen-bond acceptors (Lipinski definition) is 3. The minimum absolute atomic E-state index is 0.0154. The smallest absolute Gasteiger partial charge is 0.242 e. The molecule has 0 heterocycles. The number of carbonyl (C=O) groups is 1. The Morgan fingerprint density at radius 3 is 2.33 bits per heavy atom. The molecule has 0 aromatic rings. The van der Waals surface area contributed by atoms with Crippen LogP contribution in [0.2, 0.25) is 0 Å². The van der Waals surface area contributed by atoms with E-state index < -0.39 is 11.1 Å². The first-order valence-corrected chi connectivity index (χ1v) is 5.59. The molecule has 1 saturated carbocycles. The summed E-state index contributed by atoms with van der Waals surface area (Å²) in [7, 11) is 0. The zero-order chi connectivity index (χ0) is 11.7. The van der Waals surface area contributed by atoms with Gasteiger partial charge in [0.25, 0.3) is 0 Å². The van der Waals surface area contributed by atoms with Crippen molar-refractivity contribution in [1.82, 2.24) is 4.90 Å². The molecule has 1 rings (SSSR count). The molecule has 0 atom stereocenters. The molecule has 1 amide bonds. The summed E-state index contributed by atoms with van der Waals surface area (Å²) in [5, 5.41) is 9.69. The Morgan fingerprint density at radius 1 is 1.53 bits per heavy atom. The molecule has 0 saturated heterocycles. The number of amides is 1. The molecule has 15 heavy (non-hydrogen) atoms. The second-order valence-corrected chi connectivity index (χ2v) is 5.14. The molecule has 1 aliphatic carbocycles. The van der Waals surface area contributed by atoms with E-state index in [1.165, 1.54) is 0 Å². The van der Waals surface area contributed by atoms with Crippen molar-refractivity contribution in [3.8, 4) is 0 Å². The first-order valence-electron chi connectivity index (χ1n) is 5.59. The molecule has 0 aromatic carbocycles.